The quantitative estimate of drug-likeness (QED) is 0.0637. The number of benzene rings is 4. The summed E-state index contributed by atoms with van der Waals surface area (Å²) in [6, 6.07) is 20.2. The normalized spacial score (nSPS) is 18.7. The lowest BCUT2D eigenvalue weighted by atomic mass is 9.94. The number of nitrogens with zero attached hydrogens (tertiary/aromatic N) is 4. The Kier molecular flexibility index (Phi) is 18.3. The van der Waals surface area contributed by atoms with Crippen molar-refractivity contribution in [2.24, 2.45) is 0 Å². The lowest BCUT2D eigenvalue weighted by molar-refractivity contribution is 0.0274. The number of ether oxygens (including phenoxy) is 9. The van der Waals surface area contributed by atoms with E-state index in [2.05, 4.69) is 29.1 Å². The Morgan fingerprint density at radius 2 is 1.08 bits per heavy atom. The van der Waals surface area contributed by atoms with Gasteiger partial charge in [0.25, 0.3) is 11.8 Å². The van der Waals surface area contributed by atoms with Gasteiger partial charge in [-0.2, -0.15) is 0 Å². The fraction of sp³-hybridized carbons (Fsp3) is 0.345. The van der Waals surface area contributed by atoms with Gasteiger partial charge in [-0.25, -0.2) is 19.4 Å². The standard InChI is InChI=1S/C29H33BrN2O7.C26H28N2O7/c1-5-14-39-29(34)32-23-18-26(38-15-6-12-30)25(36-3)17-22(23)27(33)31-13-11-20(16-24(31)28(32)37-4)19-7-9-21(35-2)10-8-19;1-5-12-35-26(31)28-20-15-22(29)23(33-3)14-19(20)24(30)27-11-10-17(13-21(27)25(28)34-4)16-6-8-18(32-2)9-7-16/h5,7-10,16-18,24,28H,1,6,11-15H2,2-4H3;5-9,13-15,21,25,29H,1,10-12H2,2-4H3/t24-,28?;21-,25?/m00/s1. The van der Waals surface area contributed by atoms with E-state index in [0.717, 1.165) is 45.5 Å². The Balaban J connectivity index is 0.000000217. The Morgan fingerprint density at radius 1 is 0.635 bits per heavy atom. The second-order valence-electron chi connectivity index (χ2n) is 17.0. The number of carbonyl (C=O) groups excluding carboxylic acids is 4. The molecule has 0 saturated carbocycles. The van der Waals surface area contributed by atoms with Gasteiger partial charge in [0.15, 0.2) is 35.5 Å². The molecule has 19 heteroatoms. The molecule has 2 unspecified atom stereocenters. The first-order valence-electron chi connectivity index (χ1n) is 23.7. The lowest BCUT2D eigenvalue weighted by Gasteiger charge is -2.39. The Labute approximate surface area is 439 Å². The van der Waals surface area contributed by atoms with Crippen molar-refractivity contribution in [2.75, 3.05) is 90.7 Å². The summed E-state index contributed by atoms with van der Waals surface area (Å²) in [6.07, 6.45) is 5.67. The highest BCUT2D eigenvalue weighted by atomic mass is 79.9. The van der Waals surface area contributed by atoms with Gasteiger partial charge < -0.3 is 57.5 Å². The molecule has 392 valence electrons. The molecule has 0 radical (unpaired) electrons. The molecule has 0 saturated heterocycles. The van der Waals surface area contributed by atoms with Crippen molar-refractivity contribution in [3.8, 4) is 34.5 Å². The lowest BCUT2D eigenvalue weighted by Crippen LogP contribution is -2.55. The Bertz CT molecular complexity index is 2760. The third kappa shape index (κ3) is 11.3. The first kappa shape index (κ1) is 54.3. The molecular formula is C55H61BrN4O14. The van der Waals surface area contributed by atoms with Crippen molar-refractivity contribution in [3.05, 3.63) is 133 Å². The predicted molar refractivity (Wildman–Crippen MR) is 282 cm³/mol. The molecule has 74 heavy (non-hydrogen) atoms. The van der Waals surface area contributed by atoms with Crippen molar-refractivity contribution < 1.29 is 66.9 Å². The predicted octanol–water partition coefficient (Wildman–Crippen LogP) is 9.10. The van der Waals surface area contributed by atoms with Crippen molar-refractivity contribution in [3.63, 3.8) is 0 Å². The summed E-state index contributed by atoms with van der Waals surface area (Å²) in [6.45, 7) is 8.46. The van der Waals surface area contributed by atoms with Gasteiger partial charge >= 0.3 is 12.2 Å². The Morgan fingerprint density at radius 3 is 1.49 bits per heavy atom. The summed E-state index contributed by atoms with van der Waals surface area (Å²) >= 11 is 3.40. The maximum atomic E-state index is 14.0. The van der Waals surface area contributed by atoms with E-state index in [1.165, 1.54) is 62.5 Å². The molecule has 0 fully saturated rings. The maximum Gasteiger partial charge on any atom is 0.416 e. The number of alkyl halides is 1. The summed E-state index contributed by atoms with van der Waals surface area (Å²) in [5.74, 6) is 1.66. The minimum atomic E-state index is -0.918. The monoisotopic (exact) mass is 1080 g/mol. The highest BCUT2D eigenvalue weighted by molar-refractivity contribution is 9.09. The third-order valence-corrected chi connectivity index (χ3v) is 13.4. The SMILES string of the molecule is C=CCOC(=O)N1c2cc(O)c(OC)cc2C(=O)N2CCC(c3ccc(OC)cc3)=C[C@H]2C1OC.C=CCOC(=O)N1c2cc(OCCCBr)c(OC)cc2C(=O)N2CCC(c3ccc(OC)cc3)=C[C@H]2C1OC. The zero-order chi connectivity index (χ0) is 53.1. The highest BCUT2D eigenvalue weighted by Crippen LogP contribution is 2.44. The largest absolute Gasteiger partial charge is 0.504 e. The van der Waals surface area contributed by atoms with Crippen molar-refractivity contribution in [1.82, 2.24) is 9.80 Å². The van der Waals surface area contributed by atoms with Crippen LogP contribution in [0.3, 0.4) is 0 Å². The summed E-state index contributed by atoms with van der Waals surface area (Å²) in [4.78, 5) is 60.5. The molecule has 0 aliphatic carbocycles. The molecular weight excluding hydrogens is 1020 g/mol. The second-order valence-corrected chi connectivity index (χ2v) is 17.8. The average Bonchev–Trinajstić information content (AvgIpc) is 3.60. The number of anilines is 2. The van der Waals surface area contributed by atoms with Gasteiger partial charge in [0, 0.05) is 44.8 Å². The molecule has 1 N–H and O–H groups in total. The smallest absolute Gasteiger partial charge is 0.416 e. The topological polar surface area (TPSA) is 185 Å². The van der Waals surface area contributed by atoms with Gasteiger partial charge in [-0.15, -0.1) is 0 Å². The molecule has 8 rings (SSSR count). The number of phenols is 1. The van der Waals surface area contributed by atoms with E-state index in [0.29, 0.717) is 55.3 Å². The van der Waals surface area contributed by atoms with E-state index in [1.54, 1.807) is 36.2 Å². The molecule has 4 aliphatic rings. The van der Waals surface area contributed by atoms with Crippen molar-refractivity contribution in [2.45, 2.75) is 43.8 Å². The fourth-order valence-electron chi connectivity index (χ4n) is 9.28. The van der Waals surface area contributed by atoms with Crippen LogP contribution in [0, 0.1) is 0 Å². The third-order valence-electron chi connectivity index (χ3n) is 12.9. The van der Waals surface area contributed by atoms with Crippen LogP contribution in [0.1, 0.15) is 51.1 Å². The van der Waals surface area contributed by atoms with Crippen LogP contribution >= 0.6 is 15.9 Å². The van der Waals surface area contributed by atoms with Gasteiger partial charge in [-0.3, -0.25) is 9.59 Å². The van der Waals surface area contributed by atoms with E-state index in [-0.39, 0.29) is 47.8 Å². The van der Waals surface area contributed by atoms with Crippen LogP contribution in [-0.4, -0.2) is 144 Å². The van der Waals surface area contributed by atoms with Gasteiger partial charge in [-0.1, -0.05) is 77.7 Å². The van der Waals surface area contributed by atoms with Crippen molar-refractivity contribution in [1.29, 1.82) is 0 Å². The first-order chi connectivity index (χ1) is 35.9. The van der Waals surface area contributed by atoms with Crippen LogP contribution in [-0.2, 0) is 18.9 Å². The number of amides is 4. The number of carbonyl (C=O) groups is 4. The van der Waals surface area contributed by atoms with E-state index in [4.69, 9.17) is 42.6 Å². The van der Waals surface area contributed by atoms with Crippen LogP contribution in [0.4, 0.5) is 21.0 Å². The van der Waals surface area contributed by atoms with E-state index in [9.17, 15) is 24.3 Å². The number of fused-ring (bicyclic) bond motifs is 4. The highest BCUT2D eigenvalue weighted by Gasteiger charge is 2.47. The van der Waals surface area contributed by atoms with Gasteiger partial charge in [-0.05, 0) is 77.9 Å². The summed E-state index contributed by atoms with van der Waals surface area (Å²) in [7, 11) is 9.12. The first-order valence-corrected chi connectivity index (χ1v) is 24.9. The number of halogens is 1. The summed E-state index contributed by atoms with van der Waals surface area (Å²) < 4.78 is 49.8. The minimum Gasteiger partial charge on any atom is -0.504 e. The van der Waals surface area contributed by atoms with Crippen LogP contribution in [0.2, 0.25) is 0 Å². The van der Waals surface area contributed by atoms with E-state index in [1.807, 2.05) is 60.7 Å². The number of rotatable bonds is 16. The molecule has 4 heterocycles. The van der Waals surface area contributed by atoms with Crippen LogP contribution < -0.4 is 33.5 Å². The number of methoxy groups -OCH3 is 6. The van der Waals surface area contributed by atoms with E-state index >= 15 is 0 Å². The van der Waals surface area contributed by atoms with Gasteiger partial charge in [0.1, 0.15) is 24.7 Å². The number of hydrogen-bond acceptors (Lipinski definition) is 14. The van der Waals surface area contributed by atoms with Crippen molar-refractivity contribution >= 4 is 62.5 Å². The maximum absolute atomic E-state index is 14.0. The molecule has 4 aliphatic heterocycles. The molecule has 4 aromatic carbocycles. The number of hydrogen-bond donors (Lipinski definition) is 1. The second kappa shape index (κ2) is 25.0. The van der Waals surface area contributed by atoms with Gasteiger partial charge in [0.2, 0.25) is 0 Å². The fourth-order valence-corrected chi connectivity index (χ4v) is 9.51. The molecule has 0 aromatic heterocycles. The molecule has 4 atom stereocenters. The van der Waals surface area contributed by atoms with E-state index < -0.39 is 36.7 Å². The number of phenolic OH excluding ortho intramolecular Hbond substituents is 1. The summed E-state index contributed by atoms with van der Waals surface area (Å²) in [5.41, 5.74) is 5.01. The van der Waals surface area contributed by atoms with Crippen LogP contribution in [0.15, 0.2) is 110 Å². The number of aromatic hydroxyl groups is 1. The van der Waals surface area contributed by atoms with Gasteiger partial charge in [0.05, 0.1) is 69.6 Å². The average molecular weight is 1080 g/mol. The Hall–Kier alpha value is -7.48. The molecule has 4 aromatic rings. The summed E-state index contributed by atoms with van der Waals surface area (Å²) in [5, 5.41) is 11.2. The molecule has 4 amide bonds. The molecule has 18 nitrogen and oxygen atoms in total. The molecule has 0 spiro atoms. The van der Waals surface area contributed by atoms with Crippen LogP contribution in [0.5, 0.6) is 34.5 Å². The zero-order valence-corrected chi connectivity index (χ0v) is 43.8. The zero-order valence-electron chi connectivity index (χ0n) is 42.2. The molecule has 0 bridgehead atoms. The van der Waals surface area contributed by atoms with Crippen LogP contribution in [0.25, 0.3) is 11.1 Å². The minimum absolute atomic E-state index is 0.00112.